The second kappa shape index (κ2) is 8.86. The zero-order valence-corrected chi connectivity index (χ0v) is 16.7. The van der Waals surface area contributed by atoms with E-state index in [9.17, 15) is 9.90 Å². The third kappa shape index (κ3) is 4.37. The Bertz CT molecular complexity index is 985. The van der Waals surface area contributed by atoms with Gasteiger partial charge in [0.25, 0.3) is 5.91 Å². The second-order valence-corrected chi connectivity index (χ2v) is 7.07. The lowest BCUT2D eigenvalue weighted by Gasteiger charge is -2.33. The van der Waals surface area contributed by atoms with Gasteiger partial charge in [-0.15, -0.1) is 0 Å². The Kier molecular flexibility index (Phi) is 5.83. The molecule has 8 heteroatoms. The monoisotopic (exact) mass is 409 g/mol. The molecule has 3 aromatic rings. The fourth-order valence-electron chi connectivity index (χ4n) is 3.49. The Morgan fingerprint density at radius 1 is 1.13 bits per heavy atom. The zero-order chi connectivity index (χ0) is 20.9. The van der Waals surface area contributed by atoms with E-state index in [-0.39, 0.29) is 24.3 Å². The van der Waals surface area contributed by atoms with Crippen molar-refractivity contribution < 1.29 is 23.9 Å². The van der Waals surface area contributed by atoms with Crippen molar-refractivity contribution >= 4 is 5.91 Å². The van der Waals surface area contributed by atoms with Crippen molar-refractivity contribution in [3.05, 3.63) is 54.4 Å². The lowest BCUT2D eigenvalue weighted by atomic mass is 10.0. The molecular weight excluding hydrogens is 386 g/mol. The van der Waals surface area contributed by atoms with Crippen LogP contribution in [-0.2, 0) is 4.79 Å². The minimum atomic E-state index is -0.269. The van der Waals surface area contributed by atoms with Crippen LogP contribution < -0.4 is 9.47 Å². The summed E-state index contributed by atoms with van der Waals surface area (Å²) in [5, 5.41) is 13.4. The van der Waals surface area contributed by atoms with Crippen molar-refractivity contribution in [2.75, 3.05) is 20.3 Å². The molecule has 0 unspecified atom stereocenters. The summed E-state index contributed by atoms with van der Waals surface area (Å²) in [4.78, 5) is 19.1. The quantitative estimate of drug-likeness (QED) is 0.664. The van der Waals surface area contributed by atoms with Crippen LogP contribution in [0.5, 0.6) is 17.2 Å². The molecule has 4 rings (SSSR count). The topological polar surface area (TPSA) is 97.9 Å². The van der Waals surface area contributed by atoms with E-state index in [1.165, 1.54) is 12.1 Å². The summed E-state index contributed by atoms with van der Waals surface area (Å²) in [7, 11) is 1.61. The number of rotatable bonds is 6. The van der Waals surface area contributed by atoms with Gasteiger partial charge in [-0.2, -0.15) is 4.98 Å². The van der Waals surface area contributed by atoms with Crippen molar-refractivity contribution in [1.29, 1.82) is 0 Å². The van der Waals surface area contributed by atoms with Gasteiger partial charge in [0.1, 0.15) is 23.3 Å². The van der Waals surface area contributed by atoms with Gasteiger partial charge in [-0.05, 0) is 67.8 Å². The van der Waals surface area contributed by atoms with Crippen LogP contribution in [0, 0.1) is 0 Å². The number of methoxy groups -OCH3 is 1. The van der Waals surface area contributed by atoms with E-state index in [1.54, 1.807) is 24.1 Å². The SMILES string of the molecule is COc1ccc(-c2noc([C@H]3CCCCN3C(=O)COc3ccc(O)cc3)n2)cc1. The average molecular weight is 409 g/mol. The van der Waals surface area contributed by atoms with Crippen molar-refractivity contribution in [2.24, 2.45) is 0 Å². The van der Waals surface area contributed by atoms with Crippen LogP contribution in [0.25, 0.3) is 11.4 Å². The number of likely N-dealkylation sites (tertiary alicyclic amines) is 1. The number of carbonyl (C=O) groups excluding carboxylic acids is 1. The van der Waals surface area contributed by atoms with Crippen LogP contribution in [-0.4, -0.2) is 46.3 Å². The maximum absolute atomic E-state index is 12.8. The fraction of sp³-hybridized carbons (Fsp3) is 0.318. The Hall–Kier alpha value is -3.55. The average Bonchev–Trinajstić information content (AvgIpc) is 3.29. The smallest absolute Gasteiger partial charge is 0.261 e. The van der Waals surface area contributed by atoms with E-state index in [2.05, 4.69) is 10.1 Å². The van der Waals surface area contributed by atoms with Gasteiger partial charge in [0.2, 0.25) is 11.7 Å². The van der Waals surface area contributed by atoms with Crippen LogP contribution >= 0.6 is 0 Å². The van der Waals surface area contributed by atoms with Gasteiger partial charge >= 0.3 is 0 Å². The Morgan fingerprint density at radius 3 is 2.60 bits per heavy atom. The minimum Gasteiger partial charge on any atom is -0.508 e. The molecule has 156 valence electrons. The number of aromatic hydroxyl groups is 1. The maximum atomic E-state index is 12.8. The highest BCUT2D eigenvalue weighted by atomic mass is 16.5. The second-order valence-electron chi connectivity index (χ2n) is 7.07. The molecule has 1 fully saturated rings. The van der Waals surface area contributed by atoms with Crippen LogP contribution in [0.2, 0.25) is 0 Å². The van der Waals surface area contributed by atoms with Crippen molar-refractivity contribution in [3.63, 3.8) is 0 Å². The summed E-state index contributed by atoms with van der Waals surface area (Å²) < 4.78 is 16.3. The molecule has 2 aromatic carbocycles. The number of hydrogen-bond donors (Lipinski definition) is 1. The molecule has 1 amide bonds. The van der Waals surface area contributed by atoms with Gasteiger partial charge in [0, 0.05) is 12.1 Å². The van der Waals surface area contributed by atoms with Crippen molar-refractivity contribution in [1.82, 2.24) is 15.0 Å². The molecule has 0 bridgehead atoms. The highest BCUT2D eigenvalue weighted by molar-refractivity contribution is 5.78. The first-order chi connectivity index (χ1) is 14.6. The van der Waals surface area contributed by atoms with E-state index >= 15 is 0 Å². The molecule has 2 heterocycles. The number of hydrogen-bond acceptors (Lipinski definition) is 7. The number of nitrogens with zero attached hydrogens (tertiary/aromatic N) is 3. The summed E-state index contributed by atoms with van der Waals surface area (Å²) in [5.41, 5.74) is 0.815. The highest BCUT2D eigenvalue weighted by Gasteiger charge is 2.32. The third-order valence-corrected chi connectivity index (χ3v) is 5.10. The normalized spacial score (nSPS) is 16.3. The molecule has 0 spiro atoms. The highest BCUT2D eigenvalue weighted by Crippen LogP contribution is 2.31. The summed E-state index contributed by atoms with van der Waals surface area (Å²) in [6.45, 7) is 0.517. The number of carbonyl (C=O) groups is 1. The summed E-state index contributed by atoms with van der Waals surface area (Å²) in [6.07, 6.45) is 2.66. The van der Waals surface area contributed by atoms with Crippen LogP contribution in [0.4, 0.5) is 0 Å². The van der Waals surface area contributed by atoms with Gasteiger partial charge in [0.05, 0.1) is 7.11 Å². The molecule has 1 aliphatic heterocycles. The first-order valence-electron chi connectivity index (χ1n) is 9.83. The lowest BCUT2D eigenvalue weighted by molar-refractivity contribution is -0.138. The number of phenolic OH excluding ortho intramolecular Hbond substituents is 1. The van der Waals surface area contributed by atoms with Crippen LogP contribution in [0.1, 0.15) is 31.2 Å². The minimum absolute atomic E-state index is 0.0965. The molecular formula is C22H23N3O5. The fourth-order valence-corrected chi connectivity index (χ4v) is 3.49. The van der Waals surface area contributed by atoms with E-state index < -0.39 is 0 Å². The van der Waals surface area contributed by atoms with E-state index in [0.29, 0.717) is 24.0 Å². The molecule has 0 radical (unpaired) electrons. The molecule has 0 aliphatic carbocycles. The first kappa shape index (κ1) is 19.8. The molecule has 1 atom stereocenters. The maximum Gasteiger partial charge on any atom is 0.261 e. The largest absolute Gasteiger partial charge is 0.508 e. The number of amides is 1. The molecule has 1 saturated heterocycles. The Morgan fingerprint density at radius 2 is 1.87 bits per heavy atom. The summed E-state index contributed by atoms with van der Waals surface area (Å²) in [6, 6.07) is 13.4. The number of piperidine rings is 1. The van der Waals surface area contributed by atoms with Gasteiger partial charge in [0.15, 0.2) is 6.61 Å². The number of ether oxygens (including phenoxy) is 2. The summed E-state index contributed by atoms with van der Waals surface area (Å²) in [5.74, 6) is 2.18. The number of phenols is 1. The first-order valence-corrected chi connectivity index (χ1v) is 9.83. The number of aromatic nitrogens is 2. The molecule has 1 aromatic heterocycles. The predicted molar refractivity (Wildman–Crippen MR) is 108 cm³/mol. The Balaban J connectivity index is 1.45. The van der Waals surface area contributed by atoms with E-state index in [4.69, 9.17) is 14.0 Å². The van der Waals surface area contributed by atoms with Crippen molar-refractivity contribution in [2.45, 2.75) is 25.3 Å². The third-order valence-electron chi connectivity index (χ3n) is 5.10. The Labute approximate surface area is 174 Å². The molecule has 1 aliphatic rings. The zero-order valence-electron chi connectivity index (χ0n) is 16.7. The predicted octanol–water partition coefficient (Wildman–Crippen LogP) is 3.58. The summed E-state index contributed by atoms with van der Waals surface area (Å²) >= 11 is 0. The standard InChI is InChI=1S/C22H23N3O5/c1-28-17-9-5-15(6-10-17)21-23-22(30-24-21)19-4-2-3-13-25(19)20(27)14-29-18-11-7-16(26)8-12-18/h5-12,19,26H,2-4,13-14H2,1H3/t19-/m1/s1. The van der Waals surface area contributed by atoms with Crippen molar-refractivity contribution in [3.8, 4) is 28.6 Å². The molecule has 1 N–H and O–H groups in total. The molecule has 0 saturated carbocycles. The van der Waals surface area contributed by atoms with Gasteiger partial charge in [-0.3, -0.25) is 4.79 Å². The molecule has 30 heavy (non-hydrogen) atoms. The van der Waals surface area contributed by atoms with Gasteiger partial charge < -0.3 is 24.0 Å². The van der Waals surface area contributed by atoms with Gasteiger partial charge in [-0.25, -0.2) is 0 Å². The van der Waals surface area contributed by atoms with E-state index in [1.807, 2.05) is 24.3 Å². The van der Waals surface area contributed by atoms with Crippen LogP contribution in [0.15, 0.2) is 53.1 Å². The van der Waals surface area contributed by atoms with E-state index in [0.717, 1.165) is 30.6 Å². The molecule has 8 nitrogen and oxygen atoms in total. The lowest BCUT2D eigenvalue weighted by Crippen LogP contribution is -2.41. The van der Waals surface area contributed by atoms with Crippen LogP contribution in [0.3, 0.4) is 0 Å². The van der Waals surface area contributed by atoms with Gasteiger partial charge in [-0.1, -0.05) is 5.16 Å². The number of benzene rings is 2.